The summed E-state index contributed by atoms with van der Waals surface area (Å²) in [4.78, 5) is 17.6. The predicted molar refractivity (Wildman–Crippen MR) is 92.0 cm³/mol. The molecule has 0 atom stereocenters. The van der Waals surface area contributed by atoms with Crippen molar-refractivity contribution in [3.8, 4) is 0 Å². The molecule has 2 aromatic heterocycles. The molecule has 0 unspecified atom stereocenters. The highest BCUT2D eigenvalue weighted by atomic mass is 32.1. The number of carbonyl (C=O) groups excluding carboxylic acids is 1. The Bertz CT molecular complexity index is 652. The third-order valence-corrected chi connectivity index (χ3v) is 5.39. The van der Waals surface area contributed by atoms with Crippen molar-refractivity contribution < 1.29 is 4.79 Å². The summed E-state index contributed by atoms with van der Waals surface area (Å²) in [6.07, 6.45) is 9.29. The highest BCUT2D eigenvalue weighted by Crippen LogP contribution is 2.29. The molecule has 3 rings (SSSR count). The highest BCUT2D eigenvalue weighted by molar-refractivity contribution is 7.11. The maximum atomic E-state index is 11.9. The first kappa shape index (κ1) is 16.0. The van der Waals surface area contributed by atoms with Gasteiger partial charge < -0.3 is 10.6 Å². The van der Waals surface area contributed by atoms with Gasteiger partial charge in [-0.25, -0.2) is 9.78 Å². The zero-order valence-electron chi connectivity index (χ0n) is 13.6. The Hall–Kier alpha value is -1.89. The fourth-order valence-electron chi connectivity index (χ4n) is 2.88. The Balaban J connectivity index is 1.44. The Morgan fingerprint density at radius 1 is 1.39 bits per heavy atom. The lowest BCUT2D eigenvalue weighted by molar-refractivity contribution is 0.252. The summed E-state index contributed by atoms with van der Waals surface area (Å²) < 4.78 is 1.98. The molecule has 2 N–H and O–H groups in total. The van der Waals surface area contributed by atoms with E-state index in [2.05, 4.69) is 27.6 Å². The standard InChI is InChI=1S/C16H23N5OS/c1-11-12(2)23-15(19-11)7-8-17-16(22)20-13-9-18-21(10-13)14-5-3-4-6-14/h9-10,14H,3-8H2,1-2H3,(H2,17,20,22). The van der Waals surface area contributed by atoms with Gasteiger partial charge in [0.05, 0.1) is 28.6 Å². The van der Waals surface area contributed by atoms with E-state index in [1.807, 2.05) is 17.8 Å². The number of hydrogen-bond donors (Lipinski definition) is 2. The van der Waals surface area contributed by atoms with Gasteiger partial charge in [0, 0.05) is 24.0 Å². The van der Waals surface area contributed by atoms with Gasteiger partial charge in [-0.05, 0) is 26.7 Å². The van der Waals surface area contributed by atoms with E-state index in [1.165, 1.54) is 30.6 Å². The second-order valence-corrected chi connectivity index (χ2v) is 7.32. The van der Waals surface area contributed by atoms with Crippen molar-refractivity contribution >= 4 is 23.1 Å². The van der Waals surface area contributed by atoms with Crippen LogP contribution in [-0.2, 0) is 6.42 Å². The molecule has 1 fully saturated rings. The topological polar surface area (TPSA) is 71.8 Å². The number of rotatable bonds is 5. The van der Waals surface area contributed by atoms with Crippen molar-refractivity contribution in [3.05, 3.63) is 28.0 Å². The molecule has 2 amide bonds. The first-order valence-corrected chi connectivity index (χ1v) is 8.95. The van der Waals surface area contributed by atoms with Crippen LogP contribution in [0.2, 0.25) is 0 Å². The van der Waals surface area contributed by atoms with Crippen molar-refractivity contribution in [1.29, 1.82) is 0 Å². The fraction of sp³-hybridized carbons (Fsp3) is 0.562. The van der Waals surface area contributed by atoms with Gasteiger partial charge in [-0.3, -0.25) is 4.68 Å². The molecule has 0 saturated heterocycles. The molecule has 0 bridgehead atoms. The maximum Gasteiger partial charge on any atom is 0.319 e. The lowest BCUT2D eigenvalue weighted by atomic mass is 10.3. The largest absolute Gasteiger partial charge is 0.337 e. The monoisotopic (exact) mass is 333 g/mol. The van der Waals surface area contributed by atoms with Gasteiger partial charge in [-0.1, -0.05) is 12.8 Å². The molecule has 1 saturated carbocycles. The Kier molecular flexibility index (Phi) is 4.95. The van der Waals surface area contributed by atoms with E-state index in [0.717, 1.165) is 22.8 Å². The second-order valence-electron chi connectivity index (χ2n) is 6.03. The molecule has 0 radical (unpaired) electrons. The van der Waals surface area contributed by atoms with E-state index >= 15 is 0 Å². The number of nitrogens with zero attached hydrogens (tertiary/aromatic N) is 3. The summed E-state index contributed by atoms with van der Waals surface area (Å²) >= 11 is 1.69. The number of anilines is 1. The number of urea groups is 1. The molecular formula is C16H23N5OS. The van der Waals surface area contributed by atoms with Crippen LogP contribution in [0.1, 0.15) is 47.3 Å². The third-order valence-electron chi connectivity index (χ3n) is 4.26. The number of hydrogen-bond acceptors (Lipinski definition) is 4. The average molecular weight is 333 g/mol. The van der Waals surface area contributed by atoms with E-state index in [0.29, 0.717) is 12.6 Å². The predicted octanol–water partition coefficient (Wildman–Crippen LogP) is 3.44. The van der Waals surface area contributed by atoms with Crippen LogP contribution >= 0.6 is 11.3 Å². The number of carbonyl (C=O) groups is 1. The minimum Gasteiger partial charge on any atom is -0.337 e. The van der Waals surface area contributed by atoms with E-state index in [4.69, 9.17) is 0 Å². The summed E-state index contributed by atoms with van der Waals surface area (Å²) in [6.45, 7) is 4.66. The summed E-state index contributed by atoms with van der Waals surface area (Å²) in [6, 6.07) is 0.297. The third kappa shape index (κ3) is 4.10. The first-order valence-electron chi connectivity index (χ1n) is 8.14. The molecule has 7 heteroatoms. The number of aromatic nitrogens is 3. The minimum atomic E-state index is -0.194. The highest BCUT2D eigenvalue weighted by Gasteiger charge is 2.17. The van der Waals surface area contributed by atoms with Crippen molar-refractivity contribution in [1.82, 2.24) is 20.1 Å². The van der Waals surface area contributed by atoms with Gasteiger partial charge in [0.25, 0.3) is 0 Å². The van der Waals surface area contributed by atoms with E-state index in [9.17, 15) is 4.79 Å². The summed E-state index contributed by atoms with van der Waals surface area (Å²) in [5, 5.41) is 11.1. The van der Waals surface area contributed by atoms with Crippen LogP contribution in [0.3, 0.4) is 0 Å². The van der Waals surface area contributed by atoms with E-state index < -0.39 is 0 Å². The van der Waals surface area contributed by atoms with Crippen LogP contribution in [0.15, 0.2) is 12.4 Å². The Morgan fingerprint density at radius 3 is 2.87 bits per heavy atom. The molecule has 0 spiro atoms. The Morgan fingerprint density at radius 2 is 2.17 bits per heavy atom. The molecule has 124 valence electrons. The number of amides is 2. The lowest BCUT2D eigenvalue weighted by Crippen LogP contribution is -2.30. The van der Waals surface area contributed by atoms with Crippen molar-refractivity contribution in [2.75, 3.05) is 11.9 Å². The van der Waals surface area contributed by atoms with Gasteiger partial charge in [0.15, 0.2) is 0 Å². The van der Waals surface area contributed by atoms with Crippen molar-refractivity contribution in [2.45, 2.75) is 52.0 Å². The lowest BCUT2D eigenvalue weighted by Gasteiger charge is -2.08. The van der Waals surface area contributed by atoms with E-state index in [-0.39, 0.29) is 6.03 Å². The molecule has 6 nitrogen and oxygen atoms in total. The molecule has 0 aromatic carbocycles. The molecule has 23 heavy (non-hydrogen) atoms. The molecule has 1 aliphatic carbocycles. The van der Waals surface area contributed by atoms with Crippen LogP contribution in [0.5, 0.6) is 0 Å². The SMILES string of the molecule is Cc1nc(CCNC(=O)Nc2cnn(C3CCCC3)c2)sc1C. The number of aryl methyl sites for hydroxylation is 2. The fourth-order valence-corrected chi connectivity index (χ4v) is 3.81. The summed E-state index contributed by atoms with van der Waals surface area (Å²) in [7, 11) is 0. The Labute approximate surface area is 140 Å². The van der Waals surface area contributed by atoms with Gasteiger partial charge in [-0.15, -0.1) is 11.3 Å². The maximum absolute atomic E-state index is 11.9. The number of nitrogens with one attached hydrogen (secondary N) is 2. The van der Waals surface area contributed by atoms with Gasteiger partial charge in [-0.2, -0.15) is 5.10 Å². The van der Waals surface area contributed by atoms with Crippen LogP contribution in [0.4, 0.5) is 10.5 Å². The number of thiazole rings is 1. The van der Waals surface area contributed by atoms with Crippen molar-refractivity contribution in [2.24, 2.45) is 0 Å². The van der Waals surface area contributed by atoms with Crippen LogP contribution in [0.25, 0.3) is 0 Å². The van der Waals surface area contributed by atoms with Gasteiger partial charge >= 0.3 is 6.03 Å². The summed E-state index contributed by atoms with van der Waals surface area (Å²) in [5.41, 5.74) is 1.82. The molecule has 1 aliphatic rings. The normalized spacial score (nSPS) is 15.0. The quantitative estimate of drug-likeness (QED) is 0.880. The average Bonchev–Trinajstić information content (AvgIpc) is 3.21. The van der Waals surface area contributed by atoms with Gasteiger partial charge in [0.2, 0.25) is 0 Å². The van der Waals surface area contributed by atoms with Crippen LogP contribution in [-0.4, -0.2) is 27.3 Å². The van der Waals surface area contributed by atoms with Gasteiger partial charge in [0.1, 0.15) is 0 Å². The second kappa shape index (κ2) is 7.12. The summed E-state index contributed by atoms with van der Waals surface area (Å²) in [5.74, 6) is 0. The zero-order valence-corrected chi connectivity index (χ0v) is 14.4. The smallest absolute Gasteiger partial charge is 0.319 e. The van der Waals surface area contributed by atoms with Crippen LogP contribution in [0, 0.1) is 13.8 Å². The minimum absolute atomic E-state index is 0.194. The van der Waals surface area contributed by atoms with E-state index in [1.54, 1.807) is 17.5 Å². The molecular weight excluding hydrogens is 310 g/mol. The first-order chi connectivity index (χ1) is 11.1. The van der Waals surface area contributed by atoms with Crippen molar-refractivity contribution in [3.63, 3.8) is 0 Å². The molecule has 2 heterocycles. The zero-order chi connectivity index (χ0) is 16.2. The molecule has 2 aromatic rings. The molecule has 0 aliphatic heterocycles. The van der Waals surface area contributed by atoms with Crippen LogP contribution < -0.4 is 10.6 Å².